The van der Waals surface area contributed by atoms with E-state index >= 15 is 0 Å². The molecule has 0 atom stereocenters. The molecule has 27 heavy (non-hydrogen) atoms. The van der Waals surface area contributed by atoms with Gasteiger partial charge in [-0.3, -0.25) is 4.79 Å². The molecule has 140 valence electrons. The average Bonchev–Trinajstić information content (AvgIpc) is 3.03. The number of nitrogens with one attached hydrogen (secondary N) is 1. The van der Waals surface area contributed by atoms with Crippen LogP contribution in [0.1, 0.15) is 48.1 Å². The lowest BCUT2D eigenvalue weighted by molar-refractivity contribution is -0.121. The SMILES string of the molecule is CC(C)n1c(CNC(=O)CCc2ccc(C(=O)O)cc2)nc2ccccc21. The molecule has 0 saturated carbocycles. The van der Waals surface area contributed by atoms with Gasteiger partial charge in [-0.1, -0.05) is 24.3 Å². The van der Waals surface area contributed by atoms with Crippen LogP contribution in [0.3, 0.4) is 0 Å². The summed E-state index contributed by atoms with van der Waals surface area (Å²) in [6, 6.07) is 14.8. The van der Waals surface area contributed by atoms with Gasteiger partial charge in [-0.05, 0) is 50.1 Å². The standard InChI is InChI=1S/C21H23N3O3/c1-14(2)24-18-6-4-3-5-17(18)23-19(24)13-22-20(25)12-9-15-7-10-16(11-8-15)21(26)27/h3-8,10-11,14H,9,12-13H2,1-2H3,(H,22,25)(H,26,27). The van der Waals surface area contributed by atoms with Crippen molar-refractivity contribution in [1.82, 2.24) is 14.9 Å². The average molecular weight is 365 g/mol. The number of carboxylic acids is 1. The molecule has 3 aromatic rings. The minimum absolute atomic E-state index is 0.0559. The molecule has 6 heteroatoms. The van der Waals surface area contributed by atoms with E-state index in [9.17, 15) is 9.59 Å². The summed E-state index contributed by atoms with van der Waals surface area (Å²) in [5.41, 5.74) is 3.17. The Morgan fingerprint density at radius 2 is 1.81 bits per heavy atom. The van der Waals surface area contributed by atoms with Gasteiger partial charge >= 0.3 is 5.97 Å². The Kier molecular flexibility index (Phi) is 5.54. The summed E-state index contributed by atoms with van der Waals surface area (Å²) in [7, 11) is 0. The van der Waals surface area contributed by atoms with Gasteiger partial charge in [-0.15, -0.1) is 0 Å². The first-order valence-corrected chi connectivity index (χ1v) is 9.00. The van der Waals surface area contributed by atoms with Crippen molar-refractivity contribution in [2.24, 2.45) is 0 Å². The highest BCUT2D eigenvalue weighted by Crippen LogP contribution is 2.20. The Hall–Kier alpha value is -3.15. The van der Waals surface area contributed by atoms with Crippen molar-refractivity contribution in [3.05, 3.63) is 65.5 Å². The van der Waals surface area contributed by atoms with Gasteiger partial charge in [-0.2, -0.15) is 0 Å². The molecule has 0 aliphatic heterocycles. The second-order valence-electron chi connectivity index (χ2n) is 6.76. The molecule has 0 fully saturated rings. The Morgan fingerprint density at radius 3 is 2.48 bits per heavy atom. The molecule has 2 aromatic carbocycles. The van der Waals surface area contributed by atoms with E-state index in [0.29, 0.717) is 19.4 Å². The number of carbonyl (C=O) groups is 2. The maximum atomic E-state index is 12.2. The second kappa shape index (κ2) is 8.03. The number of amides is 1. The van der Waals surface area contributed by atoms with E-state index in [1.807, 2.05) is 24.3 Å². The molecular weight excluding hydrogens is 342 g/mol. The van der Waals surface area contributed by atoms with E-state index in [1.54, 1.807) is 24.3 Å². The molecule has 0 aliphatic rings. The van der Waals surface area contributed by atoms with Crippen LogP contribution in [0.15, 0.2) is 48.5 Å². The molecule has 6 nitrogen and oxygen atoms in total. The predicted molar refractivity (Wildman–Crippen MR) is 104 cm³/mol. The smallest absolute Gasteiger partial charge is 0.335 e. The van der Waals surface area contributed by atoms with Gasteiger partial charge in [0.2, 0.25) is 5.91 Å². The zero-order chi connectivity index (χ0) is 19.4. The summed E-state index contributed by atoms with van der Waals surface area (Å²) in [6.45, 7) is 4.57. The number of aryl methyl sites for hydroxylation is 1. The Morgan fingerprint density at radius 1 is 1.11 bits per heavy atom. The predicted octanol–water partition coefficient (Wildman–Crippen LogP) is 3.56. The van der Waals surface area contributed by atoms with Crippen molar-refractivity contribution in [2.45, 2.75) is 39.3 Å². The number of imidazole rings is 1. The summed E-state index contributed by atoms with van der Waals surface area (Å²) in [5, 5.41) is 11.9. The minimum Gasteiger partial charge on any atom is -0.478 e. The highest BCUT2D eigenvalue weighted by Gasteiger charge is 2.13. The normalized spacial score (nSPS) is 11.1. The van der Waals surface area contributed by atoms with E-state index in [2.05, 4.69) is 28.7 Å². The van der Waals surface area contributed by atoms with Gasteiger partial charge < -0.3 is 15.0 Å². The fourth-order valence-corrected chi connectivity index (χ4v) is 3.13. The molecule has 0 saturated heterocycles. The lowest BCUT2D eigenvalue weighted by atomic mass is 10.1. The molecular formula is C21H23N3O3. The first-order chi connectivity index (χ1) is 13.0. The third-order valence-corrected chi connectivity index (χ3v) is 4.47. The molecule has 0 spiro atoms. The van der Waals surface area contributed by atoms with Crippen LogP contribution in [-0.2, 0) is 17.8 Å². The number of hydrogen-bond donors (Lipinski definition) is 2. The van der Waals surface area contributed by atoms with Crippen molar-refractivity contribution >= 4 is 22.9 Å². The van der Waals surface area contributed by atoms with Gasteiger partial charge in [0.15, 0.2) is 0 Å². The van der Waals surface area contributed by atoms with Gasteiger partial charge in [-0.25, -0.2) is 9.78 Å². The first-order valence-electron chi connectivity index (χ1n) is 9.00. The lowest BCUT2D eigenvalue weighted by Crippen LogP contribution is -2.25. The van der Waals surface area contributed by atoms with Crippen LogP contribution >= 0.6 is 0 Å². The molecule has 3 rings (SSSR count). The van der Waals surface area contributed by atoms with Gasteiger partial charge in [0.25, 0.3) is 0 Å². The van der Waals surface area contributed by atoms with E-state index in [1.165, 1.54) is 0 Å². The number of aromatic carboxylic acids is 1. The van der Waals surface area contributed by atoms with Crippen molar-refractivity contribution < 1.29 is 14.7 Å². The lowest BCUT2D eigenvalue weighted by Gasteiger charge is -2.13. The first kappa shape index (κ1) is 18.6. The molecule has 2 N–H and O–H groups in total. The zero-order valence-electron chi connectivity index (χ0n) is 15.5. The van der Waals surface area contributed by atoms with Crippen LogP contribution in [0.5, 0.6) is 0 Å². The van der Waals surface area contributed by atoms with Crippen LogP contribution < -0.4 is 5.32 Å². The van der Waals surface area contributed by atoms with E-state index in [-0.39, 0.29) is 17.5 Å². The monoisotopic (exact) mass is 365 g/mol. The number of rotatable bonds is 7. The summed E-state index contributed by atoms with van der Waals surface area (Å²) in [5.74, 6) is -0.169. The molecule has 0 bridgehead atoms. The zero-order valence-corrected chi connectivity index (χ0v) is 15.5. The summed E-state index contributed by atoms with van der Waals surface area (Å²) in [6.07, 6.45) is 0.903. The van der Waals surface area contributed by atoms with Crippen molar-refractivity contribution in [3.8, 4) is 0 Å². The van der Waals surface area contributed by atoms with Gasteiger partial charge in [0.1, 0.15) is 5.82 Å². The maximum Gasteiger partial charge on any atom is 0.335 e. The number of fused-ring (bicyclic) bond motifs is 1. The number of carbonyl (C=O) groups excluding carboxylic acids is 1. The fraction of sp³-hybridized carbons (Fsp3) is 0.286. The Labute approximate surface area is 157 Å². The summed E-state index contributed by atoms with van der Waals surface area (Å²) < 4.78 is 2.14. The molecule has 0 radical (unpaired) electrons. The number of aromatic nitrogens is 2. The highest BCUT2D eigenvalue weighted by atomic mass is 16.4. The number of hydrogen-bond acceptors (Lipinski definition) is 3. The highest BCUT2D eigenvalue weighted by molar-refractivity contribution is 5.87. The summed E-state index contributed by atoms with van der Waals surface area (Å²) >= 11 is 0. The third-order valence-electron chi connectivity index (χ3n) is 4.47. The number of nitrogens with zero attached hydrogens (tertiary/aromatic N) is 2. The molecule has 0 unspecified atom stereocenters. The number of benzene rings is 2. The summed E-state index contributed by atoms with van der Waals surface area (Å²) in [4.78, 5) is 27.7. The van der Waals surface area contributed by atoms with Crippen LogP contribution in [0.2, 0.25) is 0 Å². The fourth-order valence-electron chi connectivity index (χ4n) is 3.13. The maximum absolute atomic E-state index is 12.2. The Bertz CT molecular complexity index is 958. The molecule has 1 aromatic heterocycles. The second-order valence-corrected chi connectivity index (χ2v) is 6.76. The van der Waals surface area contributed by atoms with Gasteiger partial charge in [0, 0.05) is 12.5 Å². The van der Waals surface area contributed by atoms with Crippen LogP contribution in [0.4, 0.5) is 0 Å². The largest absolute Gasteiger partial charge is 0.478 e. The van der Waals surface area contributed by atoms with Crippen molar-refractivity contribution in [1.29, 1.82) is 0 Å². The van der Waals surface area contributed by atoms with E-state index < -0.39 is 5.97 Å². The quantitative estimate of drug-likeness (QED) is 0.670. The molecule has 1 heterocycles. The molecule has 0 aliphatic carbocycles. The topological polar surface area (TPSA) is 84.2 Å². The van der Waals surface area contributed by atoms with Crippen LogP contribution in [0, 0.1) is 0 Å². The van der Waals surface area contributed by atoms with Crippen LogP contribution in [0.25, 0.3) is 11.0 Å². The number of para-hydroxylation sites is 2. The minimum atomic E-state index is -0.952. The molecule has 1 amide bonds. The van der Waals surface area contributed by atoms with Crippen molar-refractivity contribution in [3.63, 3.8) is 0 Å². The van der Waals surface area contributed by atoms with Crippen LogP contribution in [-0.4, -0.2) is 26.5 Å². The van der Waals surface area contributed by atoms with Gasteiger partial charge in [0.05, 0.1) is 23.1 Å². The third kappa shape index (κ3) is 4.34. The number of carboxylic acid groups (broad SMARTS) is 1. The van der Waals surface area contributed by atoms with Crippen molar-refractivity contribution in [2.75, 3.05) is 0 Å². The Balaban J connectivity index is 1.60. The van der Waals surface area contributed by atoms with E-state index in [0.717, 1.165) is 22.4 Å². The van der Waals surface area contributed by atoms with E-state index in [4.69, 9.17) is 5.11 Å².